The minimum absolute atomic E-state index is 0.0529. The Morgan fingerprint density at radius 3 is 1.47 bits per heavy atom. The molecule has 8 N–H and O–H groups in total. The van der Waals surface area contributed by atoms with Gasteiger partial charge in [-0.25, -0.2) is 9.59 Å². The number of benzene rings is 8. The van der Waals surface area contributed by atoms with Crippen molar-refractivity contribution >= 4 is 57.4 Å². The Bertz CT molecular complexity index is 5290. The third-order valence-corrected chi connectivity index (χ3v) is 17.7. The number of phenolic OH excluding ortho intramolecular Hbond substituents is 4. The van der Waals surface area contributed by atoms with E-state index in [9.17, 15) is 30.0 Å². The number of anilines is 4. The molecule has 4 aromatic heterocycles. The van der Waals surface area contributed by atoms with Crippen LogP contribution in [0.15, 0.2) is 252 Å². The van der Waals surface area contributed by atoms with Crippen LogP contribution in [0.2, 0.25) is 0 Å². The molecule has 4 aliphatic rings. The van der Waals surface area contributed by atoms with E-state index in [1.165, 1.54) is 36.4 Å². The lowest BCUT2D eigenvalue weighted by molar-refractivity contribution is 0.0214. The van der Waals surface area contributed by atoms with Crippen molar-refractivity contribution in [2.24, 2.45) is 20.5 Å². The number of carbonyl (C=O) groups is 2. The molecule has 98 heavy (non-hydrogen) atoms. The highest BCUT2D eigenvalue weighted by molar-refractivity contribution is 5.98. The topological polar surface area (TPSA) is 312 Å². The third-order valence-electron chi connectivity index (χ3n) is 17.7. The molecule has 2 atom stereocenters. The van der Waals surface area contributed by atoms with Gasteiger partial charge in [0.2, 0.25) is 0 Å². The highest BCUT2D eigenvalue weighted by Gasteiger charge is 2.55. The Morgan fingerprint density at radius 1 is 0.398 bits per heavy atom. The quantitative estimate of drug-likeness (QED) is 0.0316. The maximum Gasteiger partial charge on any atom is 0.340 e. The van der Waals surface area contributed by atoms with Crippen LogP contribution in [-0.2, 0) is 46.9 Å². The molecule has 0 radical (unpaired) electrons. The molecular weight excluding hydrogens is 1240 g/mol. The van der Waals surface area contributed by atoms with E-state index in [1.54, 1.807) is 104 Å². The van der Waals surface area contributed by atoms with E-state index in [0.717, 1.165) is 33.9 Å². The number of ether oxygens (including phenoxy) is 4. The highest BCUT2D eigenvalue weighted by Crippen LogP contribution is 2.60. The van der Waals surface area contributed by atoms with Crippen LogP contribution >= 0.6 is 0 Å². The number of pyridine rings is 4. The fraction of sp³-hybridized carbons (Fsp3) is 0.0789. The first-order chi connectivity index (χ1) is 47.7. The number of rotatable bonds is 15. The summed E-state index contributed by atoms with van der Waals surface area (Å²) in [5, 5.41) is 62.2. The molecular formula is C76H54N12O10. The molecule has 8 aromatic carbocycles. The van der Waals surface area contributed by atoms with Gasteiger partial charge < -0.3 is 60.6 Å². The molecule has 0 saturated heterocycles. The number of nitrogens with two attached hydrogens (primary N) is 2. The molecule has 0 bridgehead atoms. The SMILES string of the molecule is Nc1ccc(N(Cc2ccccn2)Cc2ccc(-c3ccnc(CN(Cc4ccccn4)c4ccc(N=Nc5cc6c(cc5O)Oc5cc(O)ccc5C65OC(=O)c6ccccc65)cc4N)c3)cn2)c(N=Nc2cc3c(cc2O)Oc2cc(O)ccc2C32OC(=O)c3ccccc32)c1. The van der Waals surface area contributed by atoms with E-state index in [4.69, 9.17) is 45.5 Å². The molecule has 0 amide bonds. The summed E-state index contributed by atoms with van der Waals surface area (Å²) < 4.78 is 25.0. The number of hydrogen-bond acceptors (Lipinski definition) is 22. The summed E-state index contributed by atoms with van der Waals surface area (Å²) in [6.07, 6.45) is 7.03. The van der Waals surface area contributed by atoms with E-state index < -0.39 is 23.1 Å². The first kappa shape index (κ1) is 59.5. The number of hydrogen-bond donors (Lipinski definition) is 6. The van der Waals surface area contributed by atoms with Crippen molar-refractivity contribution in [2.45, 2.75) is 37.4 Å². The van der Waals surface area contributed by atoms with Crippen LogP contribution in [0.1, 0.15) is 76.9 Å². The fourth-order valence-corrected chi connectivity index (χ4v) is 13.2. The van der Waals surface area contributed by atoms with Crippen molar-refractivity contribution in [3.05, 3.63) is 298 Å². The maximum atomic E-state index is 13.6. The normalized spacial score (nSPS) is 15.9. The van der Waals surface area contributed by atoms with Gasteiger partial charge in [0.1, 0.15) is 63.1 Å². The second-order valence-corrected chi connectivity index (χ2v) is 23.8. The van der Waals surface area contributed by atoms with Gasteiger partial charge in [-0.2, -0.15) is 5.11 Å². The van der Waals surface area contributed by atoms with Gasteiger partial charge in [-0.05, 0) is 133 Å². The smallest absolute Gasteiger partial charge is 0.340 e. The summed E-state index contributed by atoms with van der Waals surface area (Å²) in [6, 6.07) is 59.1. The van der Waals surface area contributed by atoms with Gasteiger partial charge in [-0.15, -0.1) is 15.3 Å². The first-order valence-electron chi connectivity index (χ1n) is 31.0. The predicted octanol–water partition coefficient (Wildman–Crippen LogP) is 15.3. The number of azo groups is 2. The standard InChI is InChI=1S/C76H54N12O10/c77-45-16-23-66(62(30-45)84-86-64-35-60-72(37-68(64)92)96-70-33-52(90)20-22-58(70)76(60)56-14-4-2-12-54(56)74(94)98-76)88(40-48-10-6-8-27-80-48)41-49-17-15-44(38-82-49)43-25-28-81-50(29-43)42-87(39-47-9-5-7-26-79-47)65-24-18-46(31-61(65)78)83-85-63-34-59-71(36-67(63)91)95-69-32-51(89)19-21-57(69)75(59)55-13-3-1-11-53(55)73(93)97-75/h1-38,89-92H,39-42,77-78H2. The Labute approximate surface area is 558 Å². The number of fused-ring (bicyclic) bond motifs is 12. The largest absolute Gasteiger partial charge is 0.508 e. The second-order valence-electron chi connectivity index (χ2n) is 23.8. The molecule has 0 aliphatic carbocycles. The maximum absolute atomic E-state index is 13.6. The second kappa shape index (κ2) is 23.8. The minimum Gasteiger partial charge on any atom is -0.508 e. The molecule has 22 heteroatoms. The van der Waals surface area contributed by atoms with E-state index >= 15 is 0 Å². The van der Waals surface area contributed by atoms with Crippen LogP contribution in [0.3, 0.4) is 0 Å². The van der Waals surface area contributed by atoms with E-state index in [1.807, 2.05) is 91.1 Å². The van der Waals surface area contributed by atoms with Crippen molar-refractivity contribution in [3.63, 3.8) is 0 Å². The molecule has 22 nitrogen and oxygen atoms in total. The summed E-state index contributed by atoms with van der Waals surface area (Å²) in [4.78, 5) is 50.3. The van der Waals surface area contributed by atoms with Crippen LogP contribution in [0, 0.1) is 0 Å². The van der Waals surface area contributed by atoms with E-state index in [-0.39, 0.29) is 57.4 Å². The summed E-state index contributed by atoms with van der Waals surface area (Å²) in [5.74, 6) is -0.825. The zero-order chi connectivity index (χ0) is 66.8. The molecule has 0 saturated carbocycles. The highest BCUT2D eigenvalue weighted by atomic mass is 16.6. The van der Waals surface area contributed by atoms with Crippen molar-refractivity contribution in [2.75, 3.05) is 21.3 Å². The van der Waals surface area contributed by atoms with Gasteiger partial charge in [0.15, 0.2) is 11.2 Å². The van der Waals surface area contributed by atoms with Gasteiger partial charge in [0.25, 0.3) is 0 Å². The number of nitrogen functional groups attached to an aromatic ring is 2. The van der Waals surface area contributed by atoms with Crippen molar-refractivity contribution < 1.29 is 49.0 Å². The molecule has 0 fully saturated rings. The van der Waals surface area contributed by atoms with Crippen molar-refractivity contribution in [3.8, 4) is 57.1 Å². The van der Waals surface area contributed by atoms with Gasteiger partial charge in [-0.3, -0.25) is 19.9 Å². The van der Waals surface area contributed by atoms with Crippen molar-refractivity contribution in [1.29, 1.82) is 0 Å². The van der Waals surface area contributed by atoms with Gasteiger partial charge in [-0.1, -0.05) is 54.6 Å². The minimum atomic E-state index is -1.50. The molecule has 2 unspecified atom stereocenters. The van der Waals surface area contributed by atoms with Crippen LogP contribution in [0.25, 0.3) is 11.1 Å². The number of carbonyl (C=O) groups excluding carboxylic acids is 2. The number of esters is 2. The predicted molar refractivity (Wildman–Crippen MR) is 362 cm³/mol. The number of aromatic hydroxyl groups is 4. The van der Waals surface area contributed by atoms with E-state index in [0.29, 0.717) is 105 Å². The fourth-order valence-electron chi connectivity index (χ4n) is 13.2. The Balaban J connectivity index is 0.663. The number of nitrogens with zero attached hydrogens (tertiary/aromatic N) is 10. The van der Waals surface area contributed by atoms with Crippen LogP contribution in [-0.4, -0.2) is 52.3 Å². The zero-order valence-corrected chi connectivity index (χ0v) is 51.6. The van der Waals surface area contributed by atoms with E-state index in [2.05, 4.69) is 35.1 Å². The Hall–Kier alpha value is -13.5. The van der Waals surface area contributed by atoms with Gasteiger partial charge in [0, 0.05) is 82.6 Å². The summed E-state index contributed by atoms with van der Waals surface area (Å²) in [6.45, 7) is 1.31. The monoisotopic (exact) mass is 1290 g/mol. The molecule has 2 spiro atoms. The average molecular weight is 1300 g/mol. The number of aromatic nitrogens is 4. The number of phenols is 4. The summed E-state index contributed by atoms with van der Waals surface area (Å²) >= 11 is 0. The van der Waals surface area contributed by atoms with Gasteiger partial charge >= 0.3 is 11.9 Å². The Morgan fingerprint density at radius 2 is 0.908 bits per heavy atom. The summed E-state index contributed by atoms with van der Waals surface area (Å²) in [5.41, 5.74) is 21.7. The molecule has 4 aliphatic heterocycles. The van der Waals surface area contributed by atoms with Crippen LogP contribution in [0.5, 0.6) is 46.0 Å². The molecule has 16 rings (SSSR count). The Kier molecular flexibility index (Phi) is 14.5. The van der Waals surface area contributed by atoms with Crippen LogP contribution in [0.4, 0.5) is 45.5 Å². The lowest BCUT2D eigenvalue weighted by atomic mass is 9.77. The lowest BCUT2D eigenvalue weighted by Crippen LogP contribution is -2.32. The molecule has 8 heterocycles. The first-order valence-corrected chi connectivity index (χ1v) is 31.0. The molecule has 12 aromatic rings. The molecule has 478 valence electrons. The summed E-state index contributed by atoms with van der Waals surface area (Å²) in [7, 11) is 0. The third kappa shape index (κ3) is 10.5. The lowest BCUT2D eigenvalue weighted by Gasteiger charge is -2.36. The van der Waals surface area contributed by atoms with Crippen molar-refractivity contribution in [1.82, 2.24) is 19.9 Å². The van der Waals surface area contributed by atoms with Crippen LogP contribution < -0.4 is 30.7 Å². The van der Waals surface area contributed by atoms with Gasteiger partial charge in [0.05, 0.1) is 94.0 Å². The average Bonchev–Trinajstić information content (AvgIpc) is 1.48. The zero-order valence-electron chi connectivity index (χ0n) is 51.6.